The Balaban J connectivity index is 1.74. The topological polar surface area (TPSA) is 85.8 Å². The van der Waals surface area contributed by atoms with Crippen LogP contribution < -0.4 is 16.0 Å². The Hall–Kier alpha value is -1.60. The predicted octanol–water partition coefficient (Wildman–Crippen LogP) is 1.57. The van der Waals surface area contributed by atoms with Crippen LogP contribution in [0, 0.1) is 0 Å². The number of amides is 1. The molecule has 0 aromatic carbocycles. The number of rotatable bonds is 9. The molecule has 6 nitrogen and oxygen atoms in total. The van der Waals surface area contributed by atoms with Crippen molar-refractivity contribution in [2.45, 2.75) is 51.2 Å². The minimum atomic E-state index is -0.980. The number of carbonyl (C=O) groups is 1. The summed E-state index contributed by atoms with van der Waals surface area (Å²) in [4.78, 5) is 16.1. The summed E-state index contributed by atoms with van der Waals surface area (Å²) in [6.07, 6.45) is 3.51. The number of guanidine groups is 1. The maximum absolute atomic E-state index is 11.6. The van der Waals surface area contributed by atoms with Crippen LogP contribution in [0.1, 0.15) is 45.1 Å². The van der Waals surface area contributed by atoms with Gasteiger partial charge in [0.2, 0.25) is 5.91 Å². The van der Waals surface area contributed by atoms with Crippen molar-refractivity contribution in [1.29, 1.82) is 0 Å². The molecule has 1 atom stereocenters. The molecular formula is C17H28N4O2S. The Morgan fingerprint density at radius 2 is 2.25 bits per heavy atom. The fourth-order valence-corrected chi connectivity index (χ4v) is 3.00. The third-order valence-electron chi connectivity index (χ3n) is 3.85. The molecule has 1 aromatic rings. The predicted molar refractivity (Wildman–Crippen MR) is 98.3 cm³/mol. The van der Waals surface area contributed by atoms with Gasteiger partial charge in [-0.3, -0.25) is 4.79 Å². The van der Waals surface area contributed by atoms with Gasteiger partial charge in [0.25, 0.3) is 0 Å². The Morgan fingerprint density at radius 3 is 2.88 bits per heavy atom. The van der Waals surface area contributed by atoms with E-state index in [1.807, 2.05) is 23.8 Å². The minimum Gasteiger partial charge on any atom is -0.383 e. The van der Waals surface area contributed by atoms with E-state index in [-0.39, 0.29) is 12.5 Å². The lowest BCUT2D eigenvalue weighted by Crippen LogP contribution is -2.39. The summed E-state index contributed by atoms with van der Waals surface area (Å²) in [6.45, 7) is 5.46. The third-order valence-corrected chi connectivity index (χ3v) is 4.53. The van der Waals surface area contributed by atoms with Crippen LogP contribution in [-0.4, -0.2) is 42.6 Å². The number of nitrogens with one attached hydrogen (secondary N) is 3. The van der Waals surface area contributed by atoms with Crippen LogP contribution in [0.4, 0.5) is 0 Å². The summed E-state index contributed by atoms with van der Waals surface area (Å²) in [5, 5.41) is 23.8. The highest BCUT2D eigenvalue weighted by Crippen LogP contribution is 2.23. The molecule has 0 radical (unpaired) electrons. The summed E-state index contributed by atoms with van der Waals surface area (Å²) in [5.74, 6) is 0.789. The molecule has 134 valence electrons. The van der Waals surface area contributed by atoms with Gasteiger partial charge in [-0.25, -0.2) is 4.99 Å². The van der Waals surface area contributed by atoms with Gasteiger partial charge in [-0.1, -0.05) is 0 Å². The average Bonchev–Trinajstić information content (AvgIpc) is 3.16. The van der Waals surface area contributed by atoms with Crippen LogP contribution in [-0.2, 0) is 10.4 Å². The molecule has 24 heavy (non-hydrogen) atoms. The van der Waals surface area contributed by atoms with E-state index in [0.717, 1.165) is 31.4 Å². The van der Waals surface area contributed by atoms with Gasteiger partial charge >= 0.3 is 0 Å². The molecule has 0 saturated heterocycles. The number of nitrogens with zero attached hydrogens (tertiary/aromatic N) is 1. The fourth-order valence-electron chi connectivity index (χ4n) is 2.22. The standard InChI is InChI=1S/C17H28N4O2S/c1-3-18-16(19-9-4-5-15(22)21-14-6-7-14)20-12-17(2,23)13-8-10-24-11-13/h8,10-11,14,23H,3-7,9,12H2,1-2H3,(H,21,22)(H2,18,19,20). The van der Waals surface area contributed by atoms with Crippen LogP contribution in [0.2, 0.25) is 0 Å². The Labute approximate surface area is 147 Å². The number of hydrogen-bond donors (Lipinski definition) is 4. The van der Waals surface area contributed by atoms with Crippen LogP contribution in [0.5, 0.6) is 0 Å². The van der Waals surface area contributed by atoms with Crippen molar-refractivity contribution in [3.63, 3.8) is 0 Å². The molecule has 1 heterocycles. The number of thiophene rings is 1. The van der Waals surface area contributed by atoms with E-state index in [1.54, 1.807) is 18.3 Å². The summed E-state index contributed by atoms with van der Waals surface area (Å²) in [7, 11) is 0. The molecule has 0 bridgehead atoms. The van der Waals surface area contributed by atoms with E-state index >= 15 is 0 Å². The lowest BCUT2D eigenvalue weighted by molar-refractivity contribution is -0.121. The molecule has 0 spiro atoms. The Kier molecular flexibility index (Phi) is 7.05. The largest absolute Gasteiger partial charge is 0.383 e. The van der Waals surface area contributed by atoms with Crippen LogP contribution >= 0.6 is 11.3 Å². The Bertz CT molecular complexity index is 539. The quantitative estimate of drug-likeness (QED) is 0.309. The normalized spacial score (nSPS) is 17.2. The second-order valence-corrected chi connectivity index (χ2v) is 7.13. The molecule has 1 saturated carbocycles. The molecule has 0 aliphatic heterocycles. The summed E-state index contributed by atoms with van der Waals surface area (Å²) in [5.41, 5.74) is -0.101. The minimum absolute atomic E-state index is 0.127. The molecule has 1 aliphatic rings. The lowest BCUT2D eigenvalue weighted by Gasteiger charge is -2.21. The molecule has 1 unspecified atom stereocenters. The SMILES string of the molecule is CCNC(=NCC(C)(O)c1ccsc1)NCCCC(=O)NC1CC1. The van der Waals surface area contributed by atoms with E-state index < -0.39 is 5.60 Å². The van der Waals surface area contributed by atoms with E-state index in [2.05, 4.69) is 20.9 Å². The van der Waals surface area contributed by atoms with E-state index in [1.165, 1.54) is 0 Å². The van der Waals surface area contributed by atoms with Gasteiger partial charge in [-0.15, -0.1) is 0 Å². The summed E-state index contributed by atoms with van der Waals surface area (Å²) in [6, 6.07) is 2.34. The molecular weight excluding hydrogens is 324 g/mol. The van der Waals surface area contributed by atoms with Crippen molar-refractivity contribution < 1.29 is 9.90 Å². The van der Waals surface area contributed by atoms with Gasteiger partial charge in [-0.2, -0.15) is 11.3 Å². The molecule has 1 aromatic heterocycles. The van der Waals surface area contributed by atoms with Gasteiger partial charge in [0.05, 0.1) is 6.54 Å². The van der Waals surface area contributed by atoms with Gasteiger partial charge in [0, 0.05) is 25.6 Å². The van der Waals surface area contributed by atoms with E-state index in [0.29, 0.717) is 25.0 Å². The number of carbonyl (C=O) groups excluding carboxylic acids is 1. The van der Waals surface area contributed by atoms with E-state index in [9.17, 15) is 9.90 Å². The maximum atomic E-state index is 11.6. The molecule has 1 aliphatic carbocycles. The highest BCUT2D eigenvalue weighted by Gasteiger charge is 2.24. The summed E-state index contributed by atoms with van der Waals surface area (Å²) < 4.78 is 0. The maximum Gasteiger partial charge on any atom is 0.220 e. The molecule has 4 N–H and O–H groups in total. The third kappa shape index (κ3) is 6.49. The number of hydrogen-bond acceptors (Lipinski definition) is 4. The first-order valence-electron chi connectivity index (χ1n) is 8.58. The lowest BCUT2D eigenvalue weighted by atomic mass is 10.00. The highest BCUT2D eigenvalue weighted by atomic mass is 32.1. The second kappa shape index (κ2) is 9.03. The Morgan fingerprint density at radius 1 is 1.46 bits per heavy atom. The zero-order valence-electron chi connectivity index (χ0n) is 14.5. The van der Waals surface area contributed by atoms with Crippen molar-refractivity contribution >= 4 is 23.2 Å². The van der Waals surface area contributed by atoms with Gasteiger partial charge in [0.1, 0.15) is 5.60 Å². The molecule has 7 heteroatoms. The first kappa shape index (κ1) is 18.7. The molecule has 1 amide bonds. The van der Waals surface area contributed by atoms with Gasteiger partial charge in [-0.05, 0) is 55.5 Å². The molecule has 1 fully saturated rings. The monoisotopic (exact) mass is 352 g/mol. The van der Waals surface area contributed by atoms with Crippen molar-refractivity contribution in [3.05, 3.63) is 22.4 Å². The summed E-state index contributed by atoms with van der Waals surface area (Å²) >= 11 is 1.56. The van der Waals surface area contributed by atoms with Crippen LogP contribution in [0.15, 0.2) is 21.8 Å². The average molecular weight is 353 g/mol. The zero-order chi connectivity index (χ0) is 17.4. The number of aliphatic hydroxyl groups is 1. The van der Waals surface area contributed by atoms with Crippen molar-refractivity contribution in [2.24, 2.45) is 4.99 Å². The smallest absolute Gasteiger partial charge is 0.220 e. The van der Waals surface area contributed by atoms with Crippen molar-refractivity contribution in [2.75, 3.05) is 19.6 Å². The molecule has 2 rings (SSSR count). The van der Waals surface area contributed by atoms with E-state index in [4.69, 9.17) is 0 Å². The zero-order valence-corrected chi connectivity index (χ0v) is 15.3. The van der Waals surface area contributed by atoms with Crippen molar-refractivity contribution in [1.82, 2.24) is 16.0 Å². The first-order chi connectivity index (χ1) is 11.5. The van der Waals surface area contributed by atoms with Gasteiger partial charge < -0.3 is 21.1 Å². The van der Waals surface area contributed by atoms with Gasteiger partial charge in [0.15, 0.2) is 5.96 Å². The van der Waals surface area contributed by atoms with Crippen LogP contribution in [0.3, 0.4) is 0 Å². The second-order valence-electron chi connectivity index (χ2n) is 6.35. The van der Waals surface area contributed by atoms with Crippen LogP contribution in [0.25, 0.3) is 0 Å². The highest BCUT2D eigenvalue weighted by molar-refractivity contribution is 7.08. The number of aliphatic imine (C=N–C) groups is 1. The van der Waals surface area contributed by atoms with Crippen molar-refractivity contribution in [3.8, 4) is 0 Å². The first-order valence-corrected chi connectivity index (χ1v) is 9.52. The fraction of sp³-hybridized carbons (Fsp3) is 0.647.